The van der Waals surface area contributed by atoms with Gasteiger partial charge < -0.3 is 14.2 Å². The van der Waals surface area contributed by atoms with Crippen molar-refractivity contribution in [1.82, 2.24) is 14.8 Å². The molecule has 6 nitrogen and oxygen atoms in total. The van der Waals surface area contributed by atoms with Crippen LogP contribution >= 0.6 is 0 Å². The van der Waals surface area contributed by atoms with Gasteiger partial charge in [-0.2, -0.15) is 0 Å². The minimum Gasteiger partial charge on any atom is -0.425 e. The monoisotopic (exact) mass is 480 g/mol. The van der Waals surface area contributed by atoms with Gasteiger partial charge >= 0.3 is 0 Å². The molecule has 0 radical (unpaired) electrons. The molecule has 0 N–H and O–H groups in total. The van der Waals surface area contributed by atoms with Gasteiger partial charge in [-0.25, -0.2) is 4.98 Å². The van der Waals surface area contributed by atoms with Crippen LogP contribution in [0, 0.1) is 6.92 Å². The molecule has 1 aromatic heterocycles. The van der Waals surface area contributed by atoms with Crippen LogP contribution in [0.3, 0.4) is 0 Å². The van der Waals surface area contributed by atoms with Crippen LogP contribution in [0.15, 0.2) is 95.4 Å². The highest BCUT2D eigenvalue weighted by atomic mass is 16.4. The maximum absolute atomic E-state index is 13.3. The van der Waals surface area contributed by atoms with Crippen molar-refractivity contribution in [3.8, 4) is 11.3 Å². The van der Waals surface area contributed by atoms with Gasteiger partial charge in [-0.15, -0.1) is 0 Å². The van der Waals surface area contributed by atoms with Crippen LogP contribution in [0.5, 0.6) is 0 Å². The van der Waals surface area contributed by atoms with Gasteiger partial charge in [0.2, 0.25) is 11.8 Å². The molecule has 3 aromatic carbocycles. The molecule has 36 heavy (non-hydrogen) atoms. The fourth-order valence-corrected chi connectivity index (χ4v) is 4.95. The second kappa shape index (κ2) is 10.8. The van der Waals surface area contributed by atoms with Crippen molar-refractivity contribution >= 4 is 11.8 Å². The summed E-state index contributed by atoms with van der Waals surface area (Å²) in [5.74, 6) is 1.31. The van der Waals surface area contributed by atoms with E-state index in [0.29, 0.717) is 24.9 Å². The normalized spacial score (nSPS) is 14.2. The zero-order valence-corrected chi connectivity index (χ0v) is 20.9. The summed E-state index contributed by atoms with van der Waals surface area (Å²) in [5, 5.41) is 0. The van der Waals surface area contributed by atoms with Crippen LogP contribution in [-0.4, -0.2) is 60.5 Å². The SMILES string of the molecule is Cc1nc(-c2ccccc2)c(N(C)CC(=O)N2CCN(C(c3ccccc3)c3ccccc3)CC2)o1. The second-order valence-corrected chi connectivity index (χ2v) is 9.25. The molecule has 0 atom stereocenters. The summed E-state index contributed by atoms with van der Waals surface area (Å²) in [6.45, 7) is 5.12. The number of carbonyl (C=O) groups is 1. The molecule has 6 heteroatoms. The van der Waals surface area contributed by atoms with Gasteiger partial charge in [0.25, 0.3) is 0 Å². The largest absolute Gasteiger partial charge is 0.425 e. The van der Waals surface area contributed by atoms with Gasteiger partial charge in [-0.1, -0.05) is 91.0 Å². The maximum atomic E-state index is 13.3. The number of oxazole rings is 1. The van der Waals surface area contributed by atoms with Crippen LogP contribution in [-0.2, 0) is 4.79 Å². The summed E-state index contributed by atoms with van der Waals surface area (Å²) < 4.78 is 5.90. The lowest BCUT2D eigenvalue weighted by Crippen LogP contribution is -2.51. The summed E-state index contributed by atoms with van der Waals surface area (Å²) in [6.07, 6.45) is 0. The Morgan fingerprint density at radius 1 is 0.861 bits per heavy atom. The topological polar surface area (TPSA) is 52.8 Å². The van der Waals surface area contributed by atoms with Crippen LogP contribution in [0.4, 0.5) is 5.88 Å². The average molecular weight is 481 g/mol. The molecule has 0 unspecified atom stereocenters. The predicted octanol–water partition coefficient (Wildman–Crippen LogP) is 5.02. The van der Waals surface area contributed by atoms with Crippen LogP contribution in [0.1, 0.15) is 23.1 Å². The molecule has 0 aliphatic carbocycles. The van der Waals surface area contributed by atoms with E-state index in [-0.39, 0.29) is 18.5 Å². The molecule has 1 fully saturated rings. The van der Waals surface area contributed by atoms with Crippen molar-refractivity contribution in [2.75, 3.05) is 44.7 Å². The van der Waals surface area contributed by atoms with E-state index in [1.165, 1.54) is 11.1 Å². The number of amides is 1. The Morgan fingerprint density at radius 2 is 1.39 bits per heavy atom. The molecule has 5 rings (SSSR count). The summed E-state index contributed by atoms with van der Waals surface area (Å²) in [4.78, 5) is 24.1. The van der Waals surface area contributed by atoms with Gasteiger partial charge in [-0.05, 0) is 11.1 Å². The molecule has 184 valence electrons. The number of nitrogens with zero attached hydrogens (tertiary/aromatic N) is 4. The number of hydrogen-bond donors (Lipinski definition) is 0. The highest BCUT2D eigenvalue weighted by Crippen LogP contribution is 2.31. The number of piperazine rings is 1. The molecule has 0 bridgehead atoms. The number of aromatic nitrogens is 1. The first-order valence-electron chi connectivity index (χ1n) is 12.5. The molecule has 4 aromatic rings. The van der Waals surface area contributed by atoms with Crippen molar-refractivity contribution in [2.24, 2.45) is 0 Å². The number of hydrogen-bond acceptors (Lipinski definition) is 5. The van der Waals surface area contributed by atoms with Crippen molar-refractivity contribution in [2.45, 2.75) is 13.0 Å². The number of carbonyl (C=O) groups excluding carboxylic acids is 1. The number of benzene rings is 3. The van der Waals surface area contributed by atoms with Gasteiger partial charge in [0.1, 0.15) is 5.69 Å². The van der Waals surface area contributed by atoms with Gasteiger partial charge in [0.05, 0.1) is 12.6 Å². The molecule has 1 aliphatic rings. The Balaban J connectivity index is 1.26. The van der Waals surface area contributed by atoms with E-state index in [9.17, 15) is 4.79 Å². The Hall–Kier alpha value is -3.90. The molecular weight excluding hydrogens is 448 g/mol. The average Bonchev–Trinajstić information content (AvgIpc) is 3.33. The third-order valence-electron chi connectivity index (χ3n) is 6.75. The van der Waals surface area contributed by atoms with Gasteiger partial charge in [0, 0.05) is 45.7 Å². The Kier molecular flexibility index (Phi) is 7.14. The number of aryl methyl sites for hydroxylation is 1. The lowest BCUT2D eigenvalue weighted by molar-refractivity contribution is -0.131. The minimum atomic E-state index is 0.0983. The zero-order chi connectivity index (χ0) is 24.9. The van der Waals surface area contributed by atoms with E-state index >= 15 is 0 Å². The first-order chi connectivity index (χ1) is 17.6. The number of anilines is 1. The van der Waals surface area contributed by atoms with Crippen molar-refractivity contribution in [3.63, 3.8) is 0 Å². The fraction of sp³-hybridized carbons (Fsp3) is 0.267. The maximum Gasteiger partial charge on any atom is 0.242 e. The van der Waals surface area contributed by atoms with Crippen molar-refractivity contribution in [1.29, 1.82) is 0 Å². The third kappa shape index (κ3) is 5.19. The Bertz CT molecular complexity index is 1230. The zero-order valence-electron chi connectivity index (χ0n) is 20.9. The first kappa shape index (κ1) is 23.8. The number of likely N-dealkylation sites (N-methyl/N-ethyl adjacent to an activating group) is 1. The lowest BCUT2D eigenvalue weighted by atomic mass is 9.96. The highest BCUT2D eigenvalue weighted by Gasteiger charge is 2.29. The highest BCUT2D eigenvalue weighted by molar-refractivity contribution is 5.83. The summed E-state index contributed by atoms with van der Waals surface area (Å²) in [7, 11) is 1.89. The van der Waals surface area contributed by atoms with E-state index in [4.69, 9.17) is 4.42 Å². The van der Waals surface area contributed by atoms with E-state index < -0.39 is 0 Å². The molecule has 1 amide bonds. The summed E-state index contributed by atoms with van der Waals surface area (Å²) in [5.41, 5.74) is 4.29. The van der Waals surface area contributed by atoms with Crippen LogP contribution < -0.4 is 4.90 Å². The smallest absolute Gasteiger partial charge is 0.242 e. The Morgan fingerprint density at radius 3 is 1.94 bits per heavy atom. The first-order valence-corrected chi connectivity index (χ1v) is 12.5. The minimum absolute atomic E-state index is 0.0983. The van der Waals surface area contributed by atoms with E-state index in [1.54, 1.807) is 0 Å². The molecule has 0 saturated carbocycles. The van der Waals surface area contributed by atoms with Crippen LogP contribution in [0.25, 0.3) is 11.3 Å². The quantitative estimate of drug-likeness (QED) is 0.372. The Labute approximate surface area is 212 Å². The third-order valence-corrected chi connectivity index (χ3v) is 6.75. The predicted molar refractivity (Wildman–Crippen MR) is 143 cm³/mol. The molecular formula is C30H32N4O2. The second-order valence-electron chi connectivity index (χ2n) is 9.25. The van der Waals surface area contributed by atoms with E-state index in [1.807, 2.05) is 54.1 Å². The van der Waals surface area contributed by atoms with Gasteiger partial charge in [-0.3, -0.25) is 9.69 Å². The van der Waals surface area contributed by atoms with Crippen molar-refractivity contribution < 1.29 is 9.21 Å². The number of rotatable bonds is 7. The summed E-state index contributed by atoms with van der Waals surface area (Å²) in [6, 6.07) is 31.4. The van der Waals surface area contributed by atoms with Crippen molar-refractivity contribution in [3.05, 3.63) is 108 Å². The molecule has 0 spiro atoms. The molecule has 2 heterocycles. The molecule has 1 aliphatic heterocycles. The fourth-order valence-electron chi connectivity index (χ4n) is 4.95. The van der Waals surface area contributed by atoms with E-state index in [0.717, 1.165) is 24.3 Å². The van der Waals surface area contributed by atoms with Crippen LogP contribution in [0.2, 0.25) is 0 Å². The summed E-state index contributed by atoms with van der Waals surface area (Å²) >= 11 is 0. The molecule has 1 saturated heterocycles. The van der Waals surface area contributed by atoms with Gasteiger partial charge in [0.15, 0.2) is 5.89 Å². The van der Waals surface area contributed by atoms with E-state index in [2.05, 4.69) is 70.5 Å². The lowest BCUT2D eigenvalue weighted by Gasteiger charge is -2.40. The standard InChI is InChI=1S/C30H32N4O2/c1-23-31-28(24-12-6-3-7-13-24)30(36-23)32(2)22-27(35)33-18-20-34(21-19-33)29(25-14-8-4-9-15-25)26-16-10-5-11-17-26/h3-17,29H,18-22H2,1-2H3.